The van der Waals surface area contributed by atoms with Crippen LogP contribution in [0.15, 0.2) is 30.3 Å². The summed E-state index contributed by atoms with van der Waals surface area (Å²) in [6.07, 6.45) is 2.60. The van der Waals surface area contributed by atoms with Crippen LogP contribution in [0.4, 0.5) is 0 Å². The van der Waals surface area contributed by atoms with E-state index in [9.17, 15) is 0 Å². The fourth-order valence-corrected chi connectivity index (χ4v) is 2.29. The van der Waals surface area contributed by atoms with E-state index in [1.807, 2.05) is 6.07 Å². The van der Waals surface area contributed by atoms with E-state index in [0.717, 1.165) is 36.7 Å². The second kappa shape index (κ2) is 7.30. The van der Waals surface area contributed by atoms with E-state index in [1.165, 1.54) is 5.56 Å². The summed E-state index contributed by atoms with van der Waals surface area (Å²) in [6.45, 7) is 8.79. The fourth-order valence-electron chi connectivity index (χ4n) is 2.29. The summed E-state index contributed by atoms with van der Waals surface area (Å²) in [7, 11) is 0. The Bertz CT molecular complexity index is 534. The molecular weight excluding hydrogens is 258 g/mol. The van der Waals surface area contributed by atoms with E-state index in [-0.39, 0.29) is 0 Å². The van der Waals surface area contributed by atoms with Crippen molar-refractivity contribution in [2.24, 2.45) is 11.8 Å². The first-order valence-corrected chi connectivity index (χ1v) is 7.79. The fraction of sp³-hybridized carbons (Fsp3) is 0.500. The van der Waals surface area contributed by atoms with Crippen LogP contribution in [0.2, 0.25) is 0 Å². The van der Waals surface area contributed by atoms with Crippen LogP contribution in [0.3, 0.4) is 0 Å². The molecule has 2 rings (SSSR count). The minimum Gasteiger partial charge on any atom is -0.218 e. The molecule has 0 bridgehead atoms. The molecule has 0 saturated carbocycles. The van der Waals surface area contributed by atoms with Crippen LogP contribution in [0.5, 0.6) is 0 Å². The third kappa shape index (κ3) is 5.25. The summed E-state index contributed by atoms with van der Waals surface area (Å²) in [5.41, 5.74) is 1.25. The average molecular weight is 283 g/mol. The smallest absolute Gasteiger partial charge is 0.136 e. The van der Waals surface area contributed by atoms with Gasteiger partial charge in [0.2, 0.25) is 0 Å². The molecule has 1 heterocycles. The molecule has 112 valence electrons. The van der Waals surface area contributed by atoms with Gasteiger partial charge in [-0.3, -0.25) is 0 Å². The molecule has 0 radical (unpaired) electrons. The molecule has 0 aliphatic carbocycles. The minimum absolute atomic E-state index is 0.559. The summed E-state index contributed by atoms with van der Waals surface area (Å²) in [4.78, 5) is 13.9. The Labute approximate surface area is 127 Å². The number of hydrogen-bond donors (Lipinski definition) is 0. The van der Waals surface area contributed by atoms with Gasteiger partial charge in [-0.25, -0.2) is 15.0 Å². The van der Waals surface area contributed by atoms with Gasteiger partial charge >= 0.3 is 0 Å². The largest absolute Gasteiger partial charge is 0.218 e. The zero-order valence-electron chi connectivity index (χ0n) is 13.5. The third-order valence-electron chi connectivity index (χ3n) is 3.16. The highest BCUT2D eigenvalue weighted by Gasteiger charge is 2.10. The van der Waals surface area contributed by atoms with E-state index in [2.05, 4.69) is 66.9 Å². The van der Waals surface area contributed by atoms with E-state index in [4.69, 9.17) is 0 Å². The van der Waals surface area contributed by atoms with E-state index < -0.39 is 0 Å². The molecule has 0 spiro atoms. The van der Waals surface area contributed by atoms with Crippen molar-refractivity contribution in [3.8, 4) is 0 Å². The first kappa shape index (κ1) is 15.6. The molecule has 0 N–H and O–H groups in total. The summed E-state index contributed by atoms with van der Waals surface area (Å²) in [6, 6.07) is 10.4. The second-order valence-electron chi connectivity index (χ2n) is 6.44. The molecule has 0 fully saturated rings. The van der Waals surface area contributed by atoms with Crippen molar-refractivity contribution >= 4 is 0 Å². The normalized spacial score (nSPS) is 11.3. The predicted octanol–water partition coefficient (Wildman–Crippen LogP) is 3.86. The maximum Gasteiger partial charge on any atom is 0.136 e. The van der Waals surface area contributed by atoms with Gasteiger partial charge in [0.05, 0.1) is 0 Å². The minimum atomic E-state index is 0.559. The van der Waals surface area contributed by atoms with Gasteiger partial charge in [-0.15, -0.1) is 0 Å². The number of aromatic nitrogens is 3. The highest BCUT2D eigenvalue weighted by atomic mass is 15.0. The van der Waals surface area contributed by atoms with E-state index in [0.29, 0.717) is 11.8 Å². The molecule has 0 unspecified atom stereocenters. The van der Waals surface area contributed by atoms with Crippen LogP contribution in [-0.4, -0.2) is 15.0 Å². The highest BCUT2D eigenvalue weighted by Crippen LogP contribution is 2.11. The maximum absolute atomic E-state index is 4.65. The van der Waals surface area contributed by atoms with Gasteiger partial charge in [0.1, 0.15) is 17.5 Å². The molecule has 21 heavy (non-hydrogen) atoms. The third-order valence-corrected chi connectivity index (χ3v) is 3.16. The molecule has 0 amide bonds. The number of benzene rings is 1. The Morgan fingerprint density at radius 3 is 1.67 bits per heavy atom. The van der Waals surface area contributed by atoms with Crippen molar-refractivity contribution in [1.29, 1.82) is 0 Å². The summed E-state index contributed by atoms with van der Waals surface area (Å²) in [5, 5.41) is 0. The molecule has 0 aliphatic rings. The van der Waals surface area contributed by atoms with Gasteiger partial charge in [-0.2, -0.15) is 0 Å². The molecule has 1 aromatic heterocycles. The Morgan fingerprint density at radius 2 is 1.19 bits per heavy atom. The van der Waals surface area contributed by atoms with Crippen molar-refractivity contribution < 1.29 is 0 Å². The SMILES string of the molecule is CC(C)Cc1nc(Cc2ccccc2)nc(CC(C)C)n1. The molecule has 2 aromatic rings. The van der Waals surface area contributed by atoms with Crippen LogP contribution in [0.25, 0.3) is 0 Å². The standard InChI is InChI=1S/C18H25N3/c1-13(2)10-16-19-17(11-14(3)4)21-18(20-16)12-15-8-6-5-7-9-15/h5-9,13-14H,10-12H2,1-4H3. The van der Waals surface area contributed by atoms with Crippen molar-refractivity contribution in [1.82, 2.24) is 15.0 Å². The topological polar surface area (TPSA) is 38.7 Å². The monoisotopic (exact) mass is 283 g/mol. The Morgan fingerprint density at radius 1 is 0.714 bits per heavy atom. The molecule has 1 aromatic carbocycles. The lowest BCUT2D eigenvalue weighted by Gasteiger charge is -2.10. The zero-order chi connectivity index (χ0) is 15.2. The lowest BCUT2D eigenvalue weighted by molar-refractivity contribution is 0.580. The van der Waals surface area contributed by atoms with Crippen LogP contribution in [-0.2, 0) is 19.3 Å². The van der Waals surface area contributed by atoms with Crippen molar-refractivity contribution in [3.05, 3.63) is 53.4 Å². The van der Waals surface area contributed by atoms with E-state index >= 15 is 0 Å². The number of nitrogens with zero attached hydrogens (tertiary/aromatic N) is 3. The van der Waals surface area contributed by atoms with Crippen molar-refractivity contribution in [2.75, 3.05) is 0 Å². The van der Waals surface area contributed by atoms with Gasteiger partial charge in [-0.05, 0) is 17.4 Å². The lowest BCUT2D eigenvalue weighted by Crippen LogP contribution is -2.12. The summed E-state index contributed by atoms with van der Waals surface area (Å²) >= 11 is 0. The van der Waals surface area contributed by atoms with Crippen molar-refractivity contribution in [2.45, 2.75) is 47.0 Å². The number of rotatable bonds is 6. The average Bonchev–Trinajstić information content (AvgIpc) is 2.37. The first-order chi connectivity index (χ1) is 10.0. The number of hydrogen-bond acceptors (Lipinski definition) is 3. The van der Waals surface area contributed by atoms with Gasteiger partial charge in [0.15, 0.2) is 0 Å². The van der Waals surface area contributed by atoms with Crippen LogP contribution >= 0.6 is 0 Å². The summed E-state index contributed by atoms with van der Waals surface area (Å²) < 4.78 is 0. The Balaban J connectivity index is 2.25. The molecular formula is C18H25N3. The lowest BCUT2D eigenvalue weighted by atomic mass is 10.1. The van der Waals surface area contributed by atoms with Crippen molar-refractivity contribution in [3.63, 3.8) is 0 Å². The van der Waals surface area contributed by atoms with E-state index in [1.54, 1.807) is 0 Å². The second-order valence-corrected chi connectivity index (χ2v) is 6.44. The van der Waals surface area contributed by atoms with Crippen LogP contribution < -0.4 is 0 Å². The molecule has 0 atom stereocenters. The highest BCUT2D eigenvalue weighted by molar-refractivity contribution is 5.19. The maximum atomic E-state index is 4.65. The zero-order valence-corrected chi connectivity index (χ0v) is 13.5. The van der Waals surface area contributed by atoms with Gasteiger partial charge in [0, 0.05) is 19.3 Å². The predicted molar refractivity (Wildman–Crippen MR) is 86.2 cm³/mol. The molecule has 3 heteroatoms. The van der Waals surface area contributed by atoms with Gasteiger partial charge < -0.3 is 0 Å². The van der Waals surface area contributed by atoms with Gasteiger partial charge in [0.25, 0.3) is 0 Å². The van der Waals surface area contributed by atoms with Gasteiger partial charge in [-0.1, -0.05) is 58.0 Å². The Hall–Kier alpha value is -1.77. The first-order valence-electron chi connectivity index (χ1n) is 7.79. The molecule has 3 nitrogen and oxygen atoms in total. The summed E-state index contributed by atoms with van der Waals surface area (Å²) in [5.74, 6) is 3.87. The Kier molecular flexibility index (Phi) is 5.43. The molecule has 0 saturated heterocycles. The van der Waals surface area contributed by atoms with Crippen LogP contribution in [0, 0.1) is 11.8 Å². The quantitative estimate of drug-likeness (QED) is 0.808. The van der Waals surface area contributed by atoms with Crippen LogP contribution in [0.1, 0.15) is 50.7 Å². The molecule has 0 aliphatic heterocycles.